The first-order valence-corrected chi connectivity index (χ1v) is 10.1. The quantitative estimate of drug-likeness (QED) is 0.675. The van der Waals surface area contributed by atoms with Crippen molar-refractivity contribution < 1.29 is 14.4 Å². The number of likely N-dealkylation sites (tertiary alicyclic amines) is 1. The second-order valence-corrected chi connectivity index (χ2v) is 7.55. The molecular formula is C23H27N4O2+. The number of nitrogens with one attached hydrogen (secondary N) is 1. The summed E-state index contributed by atoms with van der Waals surface area (Å²) >= 11 is 0. The number of piperidine rings is 1. The van der Waals surface area contributed by atoms with Crippen LogP contribution in [0.1, 0.15) is 24.8 Å². The summed E-state index contributed by atoms with van der Waals surface area (Å²) in [7, 11) is 1.66. The van der Waals surface area contributed by atoms with Gasteiger partial charge in [-0.1, -0.05) is 18.2 Å². The van der Waals surface area contributed by atoms with Gasteiger partial charge in [-0.3, -0.25) is 4.79 Å². The Bertz CT molecular complexity index is 966. The van der Waals surface area contributed by atoms with E-state index in [1.807, 2.05) is 59.3 Å². The van der Waals surface area contributed by atoms with Gasteiger partial charge < -0.3 is 15.4 Å². The molecule has 1 saturated heterocycles. The predicted octanol–water partition coefficient (Wildman–Crippen LogP) is 1.97. The van der Waals surface area contributed by atoms with E-state index in [4.69, 9.17) is 15.6 Å². The fraction of sp³-hybridized carbons (Fsp3) is 0.304. The van der Waals surface area contributed by atoms with Crippen LogP contribution < -0.4 is 15.4 Å². The third-order valence-electron chi connectivity index (χ3n) is 5.67. The predicted molar refractivity (Wildman–Crippen MR) is 112 cm³/mol. The van der Waals surface area contributed by atoms with Crippen LogP contribution in [0, 0.1) is 0 Å². The van der Waals surface area contributed by atoms with Crippen LogP contribution in [0.2, 0.25) is 0 Å². The summed E-state index contributed by atoms with van der Waals surface area (Å²) in [6.45, 7) is 1.67. The van der Waals surface area contributed by atoms with Gasteiger partial charge in [-0.05, 0) is 49.2 Å². The van der Waals surface area contributed by atoms with Crippen molar-refractivity contribution in [2.24, 2.45) is 5.73 Å². The number of benzene rings is 2. The fourth-order valence-electron chi connectivity index (χ4n) is 4.12. The number of quaternary nitrogens is 1. The van der Waals surface area contributed by atoms with E-state index in [2.05, 4.69) is 6.20 Å². The lowest BCUT2D eigenvalue weighted by Gasteiger charge is -2.30. The first-order valence-electron chi connectivity index (χ1n) is 10.1. The fourth-order valence-corrected chi connectivity index (χ4v) is 4.12. The number of carbonyl (C=O) groups excluding carboxylic acids is 1. The van der Waals surface area contributed by atoms with Crippen LogP contribution in [0.5, 0.6) is 5.75 Å². The Kier molecular flexibility index (Phi) is 5.62. The van der Waals surface area contributed by atoms with E-state index >= 15 is 0 Å². The van der Waals surface area contributed by atoms with Gasteiger partial charge in [0, 0.05) is 18.2 Å². The van der Waals surface area contributed by atoms with Crippen LogP contribution in [0.4, 0.5) is 0 Å². The minimum Gasteiger partial charge on any atom is -0.497 e. The number of primary amides is 1. The zero-order valence-electron chi connectivity index (χ0n) is 16.7. The standard InChI is InChI=1S/C23H26N4O2/c1-29-20-12-10-17(11-13-20)22-18(15-26-14-6-5-9-21(26)23(24)28)16-27(25-22)19-7-3-2-4-8-19/h2-4,7-8,10-13,16,21H,5-6,9,14-15H2,1H3,(H2,24,28)/p+1/t21-/m1/s1. The van der Waals surface area contributed by atoms with Crippen molar-refractivity contribution in [3.8, 4) is 22.7 Å². The van der Waals surface area contributed by atoms with E-state index in [1.54, 1.807) is 7.11 Å². The molecule has 0 aliphatic carbocycles. The lowest BCUT2D eigenvalue weighted by Crippen LogP contribution is -3.16. The van der Waals surface area contributed by atoms with E-state index < -0.39 is 0 Å². The number of aromatic nitrogens is 2. The zero-order chi connectivity index (χ0) is 20.2. The number of nitrogens with two attached hydrogens (primary N) is 1. The van der Waals surface area contributed by atoms with Gasteiger partial charge in [-0.15, -0.1) is 0 Å². The molecule has 1 fully saturated rings. The van der Waals surface area contributed by atoms with E-state index in [-0.39, 0.29) is 11.9 Å². The van der Waals surface area contributed by atoms with Crippen molar-refractivity contribution >= 4 is 5.91 Å². The normalized spacial score (nSPS) is 19.1. The van der Waals surface area contributed by atoms with Crippen LogP contribution in [0.15, 0.2) is 60.8 Å². The molecule has 0 bridgehead atoms. The number of ether oxygens (including phenoxy) is 1. The molecule has 1 amide bonds. The van der Waals surface area contributed by atoms with E-state index in [9.17, 15) is 4.79 Å². The van der Waals surface area contributed by atoms with Crippen molar-refractivity contribution in [3.63, 3.8) is 0 Å². The van der Waals surface area contributed by atoms with Crippen LogP contribution in [0.3, 0.4) is 0 Å². The Morgan fingerprint density at radius 3 is 2.62 bits per heavy atom. The van der Waals surface area contributed by atoms with Gasteiger partial charge in [0.1, 0.15) is 18.0 Å². The van der Waals surface area contributed by atoms with Gasteiger partial charge in [-0.2, -0.15) is 5.10 Å². The van der Waals surface area contributed by atoms with E-state index in [0.29, 0.717) is 0 Å². The van der Waals surface area contributed by atoms with Crippen LogP contribution in [0.25, 0.3) is 16.9 Å². The number of rotatable bonds is 6. The summed E-state index contributed by atoms with van der Waals surface area (Å²) in [6, 6.07) is 17.9. The molecule has 29 heavy (non-hydrogen) atoms. The number of hydrogen-bond acceptors (Lipinski definition) is 3. The van der Waals surface area contributed by atoms with Crippen molar-refractivity contribution in [1.29, 1.82) is 0 Å². The smallest absolute Gasteiger partial charge is 0.275 e. The number of para-hydroxylation sites is 1. The van der Waals surface area contributed by atoms with Gasteiger partial charge in [0.15, 0.2) is 6.04 Å². The monoisotopic (exact) mass is 391 g/mol. The molecule has 1 aliphatic rings. The summed E-state index contributed by atoms with van der Waals surface area (Å²) in [5.74, 6) is 0.606. The lowest BCUT2D eigenvalue weighted by atomic mass is 10.00. The van der Waals surface area contributed by atoms with Crippen molar-refractivity contribution in [3.05, 3.63) is 66.4 Å². The maximum absolute atomic E-state index is 12.0. The Morgan fingerprint density at radius 1 is 1.17 bits per heavy atom. The van der Waals surface area contributed by atoms with Gasteiger partial charge in [0.25, 0.3) is 5.91 Å². The van der Waals surface area contributed by atoms with Crippen LogP contribution >= 0.6 is 0 Å². The first kappa shape index (κ1) is 19.2. The molecule has 0 radical (unpaired) electrons. The maximum atomic E-state index is 12.0. The number of carbonyl (C=O) groups is 1. The molecule has 3 N–H and O–H groups in total. The molecular weight excluding hydrogens is 364 g/mol. The Morgan fingerprint density at radius 2 is 1.93 bits per heavy atom. The minimum absolute atomic E-state index is 0.132. The first-order chi connectivity index (χ1) is 14.2. The van der Waals surface area contributed by atoms with Gasteiger partial charge in [-0.25, -0.2) is 4.68 Å². The molecule has 3 aromatic rings. The third kappa shape index (κ3) is 4.17. The number of nitrogens with zero attached hydrogens (tertiary/aromatic N) is 2. The molecule has 2 atom stereocenters. The highest BCUT2D eigenvalue weighted by Gasteiger charge is 2.32. The van der Waals surface area contributed by atoms with E-state index in [0.717, 1.165) is 60.6 Å². The van der Waals surface area contributed by atoms with E-state index in [1.165, 1.54) is 4.90 Å². The average Bonchev–Trinajstić information content (AvgIpc) is 3.18. The van der Waals surface area contributed by atoms with Gasteiger partial charge in [0.05, 0.1) is 24.9 Å². The molecule has 150 valence electrons. The minimum atomic E-state index is -0.207. The molecule has 1 unspecified atom stereocenters. The molecule has 6 nitrogen and oxygen atoms in total. The molecule has 1 aromatic heterocycles. The summed E-state index contributed by atoms with van der Waals surface area (Å²) in [5, 5.41) is 4.89. The molecule has 2 heterocycles. The Labute approximate surface area is 170 Å². The highest BCUT2D eigenvalue weighted by Crippen LogP contribution is 2.25. The summed E-state index contributed by atoms with van der Waals surface area (Å²) < 4.78 is 7.20. The van der Waals surface area contributed by atoms with Crippen molar-refractivity contribution in [2.75, 3.05) is 13.7 Å². The summed E-state index contributed by atoms with van der Waals surface area (Å²) in [6.07, 6.45) is 5.11. The summed E-state index contributed by atoms with van der Waals surface area (Å²) in [5.41, 5.74) is 9.77. The highest BCUT2D eigenvalue weighted by atomic mass is 16.5. The molecule has 1 aliphatic heterocycles. The number of hydrogen-bond donors (Lipinski definition) is 2. The largest absolute Gasteiger partial charge is 0.497 e. The molecule has 2 aromatic carbocycles. The molecule has 0 saturated carbocycles. The van der Waals surface area contributed by atoms with Crippen molar-refractivity contribution in [2.45, 2.75) is 31.8 Å². The van der Waals surface area contributed by atoms with Crippen LogP contribution in [-0.2, 0) is 11.3 Å². The SMILES string of the molecule is COc1ccc(-c2nn(-c3ccccc3)cc2C[NH+]2CCCC[C@@H]2C(N)=O)cc1. The van der Waals surface area contributed by atoms with Gasteiger partial charge >= 0.3 is 0 Å². The molecule has 4 rings (SSSR count). The number of methoxy groups -OCH3 is 1. The second-order valence-electron chi connectivity index (χ2n) is 7.55. The maximum Gasteiger partial charge on any atom is 0.275 e. The molecule has 6 heteroatoms. The Hall–Kier alpha value is -3.12. The van der Waals surface area contributed by atoms with Crippen molar-refractivity contribution in [1.82, 2.24) is 9.78 Å². The average molecular weight is 391 g/mol. The zero-order valence-corrected chi connectivity index (χ0v) is 16.7. The molecule has 0 spiro atoms. The number of amides is 1. The Balaban J connectivity index is 1.72. The topological polar surface area (TPSA) is 74.6 Å². The summed E-state index contributed by atoms with van der Waals surface area (Å²) in [4.78, 5) is 13.2. The van der Waals surface area contributed by atoms with Crippen LogP contribution in [-0.4, -0.2) is 35.4 Å². The van der Waals surface area contributed by atoms with Gasteiger partial charge in [0.2, 0.25) is 0 Å². The highest BCUT2D eigenvalue weighted by molar-refractivity contribution is 5.78. The lowest BCUT2D eigenvalue weighted by molar-refractivity contribution is -0.934. The second kappa shape index (κ2) is 8.49. The third-order valence-corrected chi connectivity index (χ3v) is 5.67.